The lowest BCUT2D eigenvalue weighted by Crippen LogP contribution is -2.23. The molecule has 17 heavy (non-hydrogen) atoms. The number of rotatable bonds is 4. The molecule has 1 aromatic carbocycles. The second-order valence-corrected chi connectivity index (χ2v) is 5.18. The van der Waals surface area contributed by atoms with E-state index in [1.54, 1.807) is 0 Å². The van der Waals surface area contributed by atoms with Crippen LogP contribution in [0.25, 0.3) is 0 Å². The van der Waals surface area contributed by atoms with E-state index >= 15 is 0 Å². The molecule has 1 rings (SSSR count). The van der Waals surface area contributed by atoms with Gasteiger partial charge in [0.1, 0.15) is 5.60 Å². The smallest absolute Gasteiger partial charge is 0.306 e. The Morgan fingerprint density at radius 1 is 1.24 bits per heavy atom. The van der Waals surface area contributed by atoms with Crippen molar-refractivity contribution >= 4 is 11.7 Å². The van der Waals surface area contributed by atoms with Crippen LogP contribution in [-0.4, -0.2) is 11.6 Å². The summed E-state index contributed by atoms with van der Waals surface area (Å²) in [5.74, 6) is -0.132. The standard InChI is InChI=1S/C14H21NO2/c1-14(2,3)17-13(16)6-4-5-11-7-9-12(15)10-8-11/h7-10H,4-6,15H2,1-3H3. The predicted octanol–water partition coefficient (Wildman–Crippen LogP) is 2.93. The molecule has 0 saturated heterocycles. The van der Waals surface area contributed by atoms with E-state index in [0.29, 0.717) is 6.42 Å². The topological polar surface area (TPSA) is 52.3 Å². The van der Waals surface area contributed by atoms with Crippen LogP contribution in [0.5, 0.6) is 0 Å². The molecule has 0 saturated carbocycles. The monoisotopic (exact) mass is 235 g/mol. The SMILES string of the molecule is CC(C)(C)OC(=O)CCCc1ccc(N)cc1. The molecule has 0 aromatic heterocycles. The second-order valence-electron chi connectivity index (χ2n) is 5.18. The largest absolute Gasteiger partial charge is 0.460 e. The van der Waals surface area contributed by atoms with Crippen LogP contribution in [0.2, 0.25) is 0 Å². The van der Waals surface area contributed by atoms with Crippen molar-refractivity contribution in [3.63, 3.8) is 0 Å². The molecule has 0 aliphatic carbocycles. The molecule has 0 heterocycles. The first-order chi connectivity index (χ1) is 7.87. The van der Waals surface area contributed by atoms with Gasteiger partial charge < -0.3 is 10.5 Å². The van der Waals surface area contributed by atoms with Gasteiger partial charge >= 0.3 is 5.97 Å². The number of nitrogens with two attached hydrogens (primary N) is 1. The Morgan fingerprint density at radius 2 is 1.82 bits per heavy atom. The molecule has 0 spiro atoms. The average molecular weight is 235 g/mol. The molecule has 3 nitrogen and oxygen atoms in total. The Labute approximate surface area is 103 Å². The van der Waals surface area contributed by atoms with Gasteiger partial charge in [-0.25, -0.2) is 0 Å². The first-order valence-electron chi connectivity index (χ1n) is 5.93. The van der Waals surface area contributed by atoms with Crippen LogP contribution in [-0.2, 0) is 16.0 Å². The molecule has 3 heteroatoms. The zero-order valence-electron chi connectivity index (χ0n) is 10.8. The molecule has 0 bridgehead atoms. The van der Waals surface area contributed by atoms with Crippen molar-refractivity contribution < 1.29 is 9.53 Å². The van der Waals surface area contributed by atoms with Gasteiger partial charge in [0.25, 0.3) is 0 Å². The first kappa shape index (κ1) is 13.6. The number of hydrogen-bond acceptors (Lipinski definition) is 3. The lowest BCUT2D eigenvalue weighted by atomic mass is 10.1. The fourth-order valence-electron chi connectivity index (χ4n) is 1.51. The van der Waals surface area contributed by atoms with E-state index in [2.05, 4.69) is 0 Å². The lowest BCUT2D eigenvalue weighted by Gasteiger charge is -2.19. The molecule has 0 aliphatic rings. The highest BCUT2D eigenvalue weighted by Crippen LogP contribution is 2.12. The molecule has 0 radical (unpaired) electrons. The normalized spacial score (nSPS) is 11.2. The summed E-state index contributed by atoms with van der Waals surface area (Å²) in [5.41, 5.74) is 7.17. The van der Waals surface area contributed by atoms with Gasteiger partial charge in [-0.1, -0.05) is 12.1 Å². The molecule has 0 aliphatic heterocycles. The third-order valence-corrected chi connectivity index (χ3v) is 2.25. The molecule has 0 amide bonds. The number of nitrogen functional groups attached to an aromatic ring is 1. The van der Waals surface area contributed by atoms with Crippen LogP contribution >= 0.6 is 0 Å². The third kappa shape index (κ3) is 5.95. The Kier molecular flexibility index (Phi) is 4.55. The van der Waals surface area contributed by atoms with Gasteiger partial charge in [0.15, 0.2) is 0 Å². The summed E-state index contributed by atoms with van der Waals surface area (Å²) in [4.78, 5) is 11.5. The summed E-state index contributed by atoms with van der Waals surface area (Å²) in [6, 6.07) is 7.74. The summed E-state index contributed by atoms with van der Waals surface area (Å²) in [6.07, 6.45) is 2.14. The van der Waals surface area contributed by atoms with Gasteiger partial charge in [-0.2, -0.15) is 0 Å². The van der Waals surface area contributed by atoms with E-state index in [0.717, 1.165) is 18.5 Å². The zero-order chi connectivity index (χ0) is 12.9. The number of esters is 1. The van der Waals surface area contributed by atoms with Crippen LogP contribution in [0.3, 0.4) is 0 Å². The summed E-state index contributed by atoms with van der Waals surface area (Å²) in [5, 5.41) is 0. The van der Waals surface area contributed by atoms with E-state index in [1.165, 1.54) is 5.56 Å². The van der Waals surface area contributed by atoms with E-state index in [-0.39, 0.29) is 5.97 Å². The van der Waals surface area contributed by atoms with Gasteiger partial charge in [-0.15, -0.1) is 0 Å². The first-order valence-corrected chi connectivity index (χ1v) is 5.93. The summed E-state index contributed by atoms with van der Waals surface area (Å²) in [6.45, 7) is 5.64. The summed E-state index contributed by atoms with van der Waals surface area (Å²) < 4.78 is 5.24. The molecule has 94 valence electrons. The Balaban J connectivity index is 2.28. The third-order valence-electron chi connectivity index (χ3n) is 2.25. The highest BCUT2D eigenvalue weighted by atomic mass is 16.6. The van der Waals surface area contributed by atoms with E-state index in [9.17, 15) is 4.79 Å². The number of ether oxygens (including phenoxy) is 1. The van der Waals surface area contributed by atoms with Gasteiger partial charge in [0, 0.05) is 12.1 Å². The van der Waals surface area contributed by atoms with Gasteiger partial charge in [0.2, 0.25) is 0 Å². The maximum atomic E-state index is 11.5. The maximum Gasteiger partial charge on any atom is 0.306 e. The Morgan fingerprint density at radius 3 is 2.35 bits per heavy atom. The molecule has 0 fully saturated rings. The number of benzene rings is 1. The van der Waals surface area contributed by atoms with Crippen LogP contribution in [0.15, 0.2) is 24.3 Å². The predicted molar refractivity (Wildman–Crippen MR) is 69.6 cm³/mol. The van der Waals surface area contributed by atoms with Crippen molar-refractivity contribution in [3.05, 3.63) is 29.8 Å². The summed E-state index contributed by atoms with van der Waals surface area (Å²) in [7, 11) is 0. The number of hydrogen-bond donors (Lipinski definition) is 1. The molecular formula is C14H21NO2. The number of carbonyl (C=O) groups is 1. The number of carbonyl (C=O) groups excluding carboxylic acids is 1. The summed E-state index contributed by atoms with van der Waals surface area (Å²) >= 11 is 0. The van der Waals surface area contributed by atoms with E-state index in [1.807, 2.05) is 45.0 Å². The van der Waals surface area contributed by atoms with Gasteiger partial charge in [-0.05, 0) is 51.3 Å². The van der Waals surface area contributed by atoms with E-state index < -0.39 is 5.60 Å². The minimum Gasteiger partial charge on any atom is -0.460 e. The Bertz CT molecular complexity index is 363. The van der Waals surface area contributed by atoms with Crippen molar-refractivity contribution in [1.29, 1.82) is 0 Å². The number of aryl methyl sites for hydroxylation is 1. The second kappa shape index (κ2) is 5.71. The quantitative estimate of drug-likeness (QED) is 0.645. The van der Waals surface area contributed by atoms with Crippen molar-refractivity contribution in [1.82, 2.24) is 0 Å². The minimum absolute atomic E-state index is 0.132. The fraction of sp³-hybridized carbons (Fsp3) is 0.500. The maximum absolute atomic E-state index is 11.5. The van der Waals surface area contributed by atoms with Crippen LogP contribution in [0, 0.1) is 0 Å². The van der Waals surface area contributed by atoms with Crippen molar-refractivity contribution in [2.45, 2.75) is 45.6 Å². The molecule has 1 aromatic rings. The highest BCUT2D eigenvalue weighted by Gasteiger charge is 2.15. The zero-order valence-corrected chi connectivity index (χ0v) is 10.8. The molecule has 0 atom stereocenters. The van der Waals surface area contributed by atoms with Gasteiger partial charge in [0.05, 0.1) is 0 Å². The van der Waals surface area contributed by atoms with E-state index in [4.69, 9.17) is 10.5 Å². The number of anilines is 1. The van der Waals surface area contributed by atoms with Crippen molar-refractivity contribution in [2.24, 2.45) is 0 Å². The molecule has 2 N–H and O–H groups in total. The van der Waals surface area contributed by atoms with Crippen LogP contribution in [0.1, 0.15) is 39.2 Å². The van der Waals surface area contributed by atoms with Gasteiger partial charge in [-0.3, -0.25) is 4.79 Å². The molecule has 0 unspecified atom stereocenters. The Hall–Kier alpha value is -1.51. The van der Waals surface area contributed by atoms with Crippen LogP contribution < -0.4 is 5.73 Å². The fourth-order valence-corrected chi connectivity index (χ4v) is 1.51. The van der Waals surface area contributed by atoms with Crippen molar-refractivity contribution in [3.8, 4) is 0 Å². The molecular weight excluding hydrogens is 214 g/mol. The average Bonchev–Trinajstić information content (AvgIpc) is 2.18. The van der Waals surface area contributed by atoms with Crippen LogP contribution in [0.4, 0.5) is 5.69 Å². The van der Waals surface area contributed by atoms with Crippen molar-refractivity contribution in [2.75, 3.05) is 5.73 Å². The highest BCUT2D eigenvalue weighted by molar-refractivity contribution is 5.69. The lowest BCUT2D eigenvalue weighted by molar-refractivity contribution is -0.154. The minimum atomic E-state index is -0.391.